The van der Waals surface area contributed by atoms with Gasteiger partial charge < -0.3 is 14.2 Å². The van der Waals surface area contributed by atoms with Gasteiger partial charge in [0, 0.05) is 0 Å². The minimum absolute atomic E-state index is 0.120. The zero-order chi connectivity index (χ0) is 17.0. The van der Waals surface area contributed by atoms with Crippen LogP contribution in [0, 0.1) is 23.7 Å². The van der Waals surface area contributed by atoms with E-state index in [0.717, 1.165) is 12.8 Å². The molecule has 1 saturated heterocycles. The Bertz CT molecular complexity index is 384. The molecule has 2 fully saturated rings. The molecule has 23 heavy (non-hydrogen) atoms. The number of hydrogen-bond acceptors (Lipinski definition) is 5. The van der Waals surface area contributed by atoms with E-state index in [1.165, 1.54) is 0 Å². The Kier molecular flexibility index (Phi) is 6.45. The smallest absolute Gasteiger partial charge is 0.309 e. The van der Waals surface area contributed by atoms with Crippen molar-refractivity contribution in [3.63, 3.8) is 0 Å². The third-order valence-electron chi connectivity index (χ3n) is 5.17. The third-order valence-corrected chi connectivity index (χ3v) is 5.17. The largest absolute Gasteiger partial charge is 0.465 e. The van der Waals surface area contributed by atoms with Crippen LogP contribution >= 0.6 is 0 Å². The van der Waals surface area contributed by atoms with E-state index in [-0.39, 0.29) is 24.1 Å². The summed E-state index contributed by atoms with van der Waals surface area (Å²) in [7, 11) is 0. The number of esters is 2. The molecular formula is C18H30O5. The molecule has 0 bridgehead atoms. The number of carbonyl (C=O) groups is 2. The molecule has 2 rings (SSSR count). The Morgan fingerprint density at radius 3 is 1.65 bits per heavy atom. The van der Waals surface area contributed by atoms with Gasteiger partial charge >= 0.3 is 11.9 Å². The van der Waals surface area contributed by atoms with Crippen LogP contribution in [0.25, 0.3) is 0 Å². The van der Waals surface area contributed by atoms with Gasteiger partial charge in [-0.15, -0.1) is 0 Å². The first-order chi connectivity index (χ1) is 11.0. The molecule has 0 aromatic carbocycles. The average molecular weight is 326 g/mol. The lowest BCUT2D eigenvalue weighted by Crippen LogP contribution is -2.38. The molecule has 0 radical (unpaired) electrons. The molecule has 6 unspecified atom stereocenters. The molecule has 5 heteroatoms. The van der Waals surface area contributed by atoms with Crippen molar-refractivity contribution < 1.29 is 23.8 Å². The molecule has 1 aliphatic carbocycles. The van der Waals surface area contributed by atoms with Crippen molar-refractivity contribution in [3.8, 4) is 0 Å². The van der Waals surface area contributed by atoms with Crippen LogP contribution in [0.3, 0.4) is 0 Å². The summed E-state index contributed by atoms with van der Waals surface area (Å²) in [6.07, 6.45) is 3.32. The lowest BCUT2D eigenvalue weighted by atomic mass is 9.79. The topological polar surface area (TPSA) is 65.1 Å². The number of epoxide rings is 1. The summed E-state index contributed by atoms with van der Waals surface area (Å²) >= 11 is 0. The maximum atomic E-state index is 12.4. The van der Waals surface area contributed by atoms with E-state index in [9.17, 15) is 9.59 Å². The van der Waals surface area contributed by atoms with Crippen molar-refractivity contribution in [1.29, 1.82) is 0 Å². The fraction of sp³-hybridized carbons (Fsp3) is 0.889. The first-order valence-corrected chi connectivity index (χ1v) is 8.94. The van der Waals surface area contributed by atoms with E-state index in [4.69, 9.17) is 14.2 Å². The van der Waals surface area contributed by atoms with Gasteiger partial charge in [0.2, 0.25) is 0 Å². The molecule has 0 aromatic heterocycles. The molecule has 1 saturated carbocycles. The number of carbonyl (C=O) groups excluding carboxylic acids is 2. The van der Waals surface area contributed by atoms with Gasteiger partial charge in [0.15, 0.2) is 0 Å². The average Bonchev–Trinajstić information content (AvgIpc) is 3.33. The number of hydrogen-bond donors (Lipinski definition) is 0. The summed E-state index contributed by atoms with van der Waals surface area (Å²) in [5, 5.41) is 0. The highest BCUT2D eigenvalue weighted by Gasteiger charge is 2.53. The van der Waals surface area contributed by atoms with Gasteiger partial charge in [-0.3, -0.25) is 9.59 Å². The van der Waals surface area contributed by atoms with E-state index in [1.54, 1.807) is 0 Å². The standard InChI is InChI=1S/C18H30O5/c1-5-11(3)9-21-17(19)13-7-15-16(23-15)8-14(13)18(20)22-10-12(4)6-2/h11-16H,5-10H2,1-4H3. The molecule has 0 N–H and O–H groups in total. The Balaban J connectivity index is 1.91. The summed E-state index contributed by atoms with van der Waals surface area (Å²) in [6, 6.07) is 0. The number of fused-ring (bicyclic) bond motifs is 1. The second kappa shape index (κ2) is 8.13. The molecule has 0 spiro atoms. The lowest BCUT2D eigenvalue weighted by molar-refractivity contribution is -0.163. The summed E-state index contributed by atoms with van der Waals surface area (Å²) < 4.78 is 16.4. The molecular weight excluding hydrogens is 296 g/mol. The summed E-state index contributed by atoms with van der Waals surface area (Å²) in [6.45, 7) is 9.05. The minimum atomic E-state index is -0.424. The number of ether oxygens (including phenoxy) is 3. The predicted octanol–water partition coefficient (Wildman–Crippen LogP) is 2.96. The normalized spacial score (nSPS) is 31.7. The van der Waals surface area contributed by atoms with Gasteiger partial charge in [0.25, 0.3) is 0 Å². The lowest BCUT2D eigenvalue weighted by Gasteiger charge is -2.27. The van der Waals surface area contributed by atoms with Gasteiger partial charge in [-0.1, -0.05) is 40.5 Å². The van der Waals surface area contributed by atoms with Crippen molar-refractivity contribution in [2.24, 2.45) is 23.7 Å². The SMILES string of the molecule is CCC(C)COC(=O)C1CC2OC2CC1C(=O)OCC(C)CC. The van der Waals surface area contributed by atoms with E-state index in [1.807, 2.05) is 13.8 Å². The zero-order valence-corrected chi connectivity index (χ0v) is 14.7. The highest BCUT2D eigenvalue weighted by molar-refractivity contribution is 5.82. The van der Waals surface area contributed by atoms with Gasteiger partial charge in [-0.05, 0) is 24.7 Å². The maximum Gasteiger partial charge on any atom is 0.309 e. The van der Waals surface area contributed by atoms with Crippen LogP contribution in [0.1, 0.15) is 53.4 Å². The monoisotopic (exact) mass is 326 g/mol. The highest BCUT2D eigenvalue weighted by atomic mass is 16.6. The van der Waals surface area contributed by atoms with Crippen LogP contribution in [0.5, 0.6) is 0 Å². The third kappa shape index (κ3) is 4.93. The van der Waals surface area contributed by atoms with Crippen molar-refractivity contribution in [2.75, 3.05) is 13.2 Å². The van der Waals surface area contributed by atoms with Crippen LogP contribution in [0.4, 0.5) is 0 Å². The predicted molar refractivity (Wildman–Crippen MR) is 85.7 cm³/mol. The molecule has 1 heterocycles. The molecule has 132 valence electrons. The van der Waals surface area contributed by atoms with E-state index in [2.05, 4.69) is 13.8 Å². The Morgan fingerprint density at radius 1 is 0.913 bits per heavy atom. The molecule has 0 aromatic rings. The summed E-state index contributed by atoms with van der Waals surface area (Å²) in [4.78, 5) is 24.8. The molecule has 2 aliphatic rings. The van der Waals surface area contributed by atoms with Crippen molar-refractivity contribution in [2.45, 2.75) is 65.6 Å². The van der Waals surface area contributed by atoms with Gasteiger partial charge in [0.05, 0.1) is 37.3 Å². The molecule has 6 atom stereocenters. The van der Waals surface area contributed by atoms with Gasteiger partial charge in [-0.2, -0.15) is 0 Å². The van der Waals surface area contributed by atoms with E-state index in [0.29, 0.717) is 37.9 Å². The number of rotatable bonds is 8. The van der Waals surface area contributed by atoms with Crippen LogP contribution in [-0.4, -0.2) is 37.4 Å². The first kappa shape index (κ1) is 18.2. The van der Waals surface area contributed by atoms with Crippen LogP contribution in [-0.2, 0) is 23.8 Å². The Morgan fingerprint density at radius 2 is 1.30 bits per heavy atom. The quantitative estimate of drug-likeness (QED) is 0.507. The van der Waals surface area contributed by atoms with Crippen molar-refractivity contribution in [3.05, 3.63) is 0 Å². The summed E-state index contributed by atoms with van der Waals surface area (Å²) in [5.41, 5.74) is 0. The first-order valence-electron chi connectivity index (χ1n) is 8.94. The van der Waals surface area contributed by atoms with Crippen LogP contribution in [0.2, 0.25) is 0 Å². The summed E-state index contributed by atoms with van der Waals surface area (Å²) in [5.74, 6) is -0.722. The second-order valence-corrected chi connectivity index (χ2v) is 7.18. The minimum Gasteiger partial charge on any atom is -0.465 e. The maximum absolute atomic E-state index is 12.4. The Labute approximate surface area is 139 Å². The van der Waals surface area contributed by atoms with Crippen molar-refractivity contribution >= 4 is 11.9 Å². The second-order valence-electron chi connectivity index (χ2n) is 7.18. The van der Waals surface area contributed by atoms with E-state index >= 15 is 0 Å². The fourth-order valence-corrected chi connectivity index (χ4v) is 2.84. The van der Waals surface area contributed by atoms with Crippen LogP contribution < -0.4 is 0 Å². The molecule has 5 nitrogen and oxygen atoms in total. The highest BCUT2D eigenvalue weighted by Crippen LogP contribution is 2.43. The van der Waals surface area contributed by atoms with E-state index < -0.39 is 11.8 Å². The van der Waals surface area contributed by atoms with Gasteiger partial charge in [-0.25, -0.2) is 0 Å². The van der Waals surface area contributed by atoms with Crippen LogP contribution in [0.15, 0.2) is 0 Å². The van der Waals surface area contributed by atoms with Gasteiger partial charge in [0.1, 0.15) is 0 Å². The molecule has 1 aliphatic heterocycles. The fourth-order valence-electron chi connectivity index (χ4n) is 2.84. The van der Waals surface area contributed by atoms with Crippen molar-refractivity contribution in [1.82, 2.24) is 0 Å². The zero-order valence-electron chi connectivity index (χ0n) is 14.7. The molecule has 0 amide bonds. The Hall–Kier alpha value is -1.10.